The summed E-state index contributed by atoms with van der Waals surface area (Å²) in [7, 11) is 0. The van der Waals surface area contributed by atoms with E-state index in [1.165, 1.54) is 37.2 Å². The van der Waals surface area contributed by atoms with Crippen LogP contribution in [0.25, 0.3) is 33.5 Å². The van der Waals surface area contributed by atoms with Gasteiger partial charge in [-0.1, -0.05) is 25.0 Å². The summed E-state index contributed by atoms with van der Waals surface area (Å²) in [5.41, 5.74) is 0.694. The van der Waals surface area contributed by atoms with Gasteiger partial charge in [0.15, 0.2) is 5.82 Å². The van der Waals surface area contributed by atoms with Crippen LogP contribution in [0.4, 0.5) is 27.8 Å². The molecular formula is C27H23F5N4. The Bertz CT molecular complexity index is 1420. The van der Waals surface area contributed by atoms with E-state index >= 15 is 0 Å². The average Bonchev–Trinajstić information content (AvgIpc) is 3.28. The van der Waals surface area contributed by atoms with Crippen molar-refractivity contribution >= 4 is 16.7 Å². The Morgan fingerprint density at radius 3 is 2.33 bits per heavy atom. The van der Waals surface area contributed by atoms with Crippen molar-refractivity contribution in [2.45, 2.75) is 44.3 Å². The lowest BCUT2D eigenvalue weighted by Crippen LogP contribution is -2.40. The van der Waals surface area contributed by atoms with E-state index < -0.39 is 23.4 Å². The fourth-order valence-corrected chi connectivity index (χ4v) is 5.70. The topological polar surface area (TPSA) is 53.6 Å². The van der Waals surface area contributed by atoms with Crippen LogP contribution < -0.4 is 5.32 Å². The highest BCUT2D eigenvalue weighted by atomic mass is 19.4. The maximum atomic E-state index is 14.3. The molecule has 3 fully saturated rings. The molecule has 186 valence electrons. The molecule has 0 saturated heterocycles. The number of rotatable bonds is 4. The molecule has 2 aromatic heterocycles. The van der Waals surface area contributed by atoms with Crippen LogP contribution in [-0.4, -0.2) is 21.0 Å². The molecule has 2 bridgehead atoms. The van der Waals surface area contributed by atoms with E-state index in [9.17, 15) is 22.0 Å². The van der Waals surface area contributed by atoms with Crippen molar-refractivity contribution in [2.24, 2.45) is 11.8 Å². The van der Waals surface area contributed by atoms with Gasteiger partial charge in [-0.25, -0.2) is 18.7 Å². The smallest absolute Gasteiger partial charge is 0.367 e. The molecule has 4 aromatic rings. The number of hydrogen-bond acceptors (Lipinski definition) is 3. The third-order valence-corrected chi connectivity index (χ3v) is 7.56. The van der Waals surface area contributed by atoms with Crippen molar-refractivity contribution in [2.75, 3.05) is 5.32 Å². The second-order valence-corrected chi connectivity index (χ2v) is 9.82. The SMILES string of the molecule is Fc1cc(F)c2[nH]cc(-c3nc(NC4CC5CCC4CC5)cc(-c4ccc(C(F)(F)F)cc4)n3)c2c1. The van der Waals surface area contributed by atoms with Gasteiger partial charge in [-0.2, -0.15) is 13.2 Å². The largest absolute Gasteiger partial charge is 0.416 e. The highest BCUT2D eigenvalue weighted by Crippen LogP contribution is 2.42. The van der Waals surface area contributed by atoms with Crippen LogP contribution in [0.3, 0.4) is 0 Å². The van der Waals surface area contributed by atoms with Gasteiger partial charge in [0.2, 0.25) is 0 Å². The summed E-state index contributed by atoms with van der Waals surface area (Å²) in [4.78, 5) is 12.1. The monoisotopic (exact) mass is 498 g/mol. The quantitative estimate of drug-likeness (QED) is 0.285. The zero-order chi connectivity index (χ0) is 25.0. The standard InChI is InChI=1S/C27H23F5N4/c28-18-10-19-20(13-33-25(19)21(29)11-18)26-35-23(16-5-7-17(8-6-16)27(30,31)32)12-24(36-26)34-22-9-14-1-3-15(22)4-2-14/h5-8,10-15,22,33H,1-4,9H2,(H,34,35,36). The molecule has 0 aliphatic heterocycles. The van der Waals surface area contributed by atoms with Crippen LogP contribution in [0.15, 0.2) is 48.7 Å². The number of anilines is 1. The van der Waals surface area contributed by atoms with Gasteiger partial charge in [0.25, 0.3) is 0 Å². The van der Waals surface area contributed by atoms with Crippen molar-refractivity contribution in [1.82, 2.24) is 15.0 Å². The molecule has 36 heavy (non-hydrogen) atoms. The highest BCUT2D eigenvalue weighted by Gasteiger charge is 2.36. The number of fused-ring (bicyclic) bond motifs is 4. The summed E-state index contributed by atoms with van der Waals surface area (Å²) < 4.78 is 67.6. The molecule has 4 nitrogen and oxygen atoms in total. The minimum absolute atomic E-state index is 0.133. The predicted molar refractivity (Wildman–Crippen MR) is 127 cm³/mol. The lowest BCUT2D eigenvalue weighted by Gasteiger charge is -2.42. The average molecular weight is 498 g/mol. The first-order valence-electron chi connectivity index (χ1n) is 12.0. The second kappa shape index (κ2) is 8.57. The Hall–Kier alpha value is -3.49. The van der Waals surface area contributed by atoms with Crippen molar-refractivity contribution in [3.05, 3.63) is 65.9 Å². The number of hydrogen-bond donors (Lipinski definition) is 2. The van der Waals surface area contributed by atoms with Gasteiger partial charge in [-0.15, -0.1) is 0 Å². The predicted octanol–water partition coefficient (Wildman–Crippen LogP) is 7.58. The Labute approximate surface area is 204 Å². The zero-order valence-electron chi connectivity index (χ0n) is 19.2. The minimum Gasteiger partial charge on any atom is -0.367 e. The normalized spacial score (nSPS) is 21.8. The van der Waals surface area contributed by atoms with Crippen LogP contribution in [-0.2, 0) is 6.18 Å². The number of alkyl halides is 3. The molecule has 2 N–H and O–H groups in total. The molecule has 3 aliphatic carbocycles. The van der Waals surface area contributed by atoms with Crippen LogP contribution in [0.2, 0.25) is 0 Å². The second-order valence-electron chi connectivity index (χ2n) is 9.82. The fourth-order valence-electron chi connectivity index (χ4n) is 5.70. The number of benzene rings is 2. The molecule has 1 atom stereocenters. The van der Waals surface area contributed by atoms with Crippen LogP contribution in [0, 0.1) is 23.5 Å². The van der Waals surface area contributed by atoms with Gasteiger partial charge < -0.3 is 10.3 Å². The van der Waals surface area contributed by atoms with Crippen molar-refractivity contribution in [1.29, 1.82) is 0 Å². The van der Waals surface area contributed by atoms with Crippen molar-refractivity contribution in [3.8, 4) is 22.6 Å². The molecule has 3 saturated carbocycles. The van der Waals surface area contributed by atoms with Gasteiger partial charge in [0.05, 0.1) is 16.8 Å². The van der Waals surface area contributed by atoms with Gasteiger partial charge in [-0.05, 0) is 49.3 Å². The first-order valence-corrected chi connectivity index (χ1v) is 12.0. The van der Waals surface area contributed by atoms with Gasteiger partial charge in [-0.3, -0.25) is 0 Å². The van der Waals surface area contributed by atoms with Crippen LogP contribution in [0.1, 0.15) is 37.7 Å². The third-order valence-electron chi connectivity index (χ3n) is 7.56. The highest BCUT2D eigenvalue weighted by molar-refractivity contribution is 5.94. The first-order chi connectivity index (χ1) is 17.2. The van der Waals surface area contributed by atoms with E-state index in [4.69, 9.17) is 0 Å². The van der Waals surface area contributed by atoms with Crippen molar-refractivity contribution in [3.63, 3.8) is 0 Å². The summed E-state index contributed by atoms with van der Waals surface area (Å²) in [6.45, 7) is 0. The maximum absolute atomic E-state index is 14.3. The zero-order valence-corrected chi connectivity index (χ0v) is 19.2. The number of halogens is 5. The van der Waals surface area contributed by atoms with E-state index in [0.29, 0.717) is 39.9 Å². The number of aromatic nitrogens is 3. The van der Waals surface area contributed by atoms with Gasteiger partial charge in [0, 0.05) is 40.9 Å². The molecule has 7 rings (SSSR count). The van der Waals surface area contributed by atoms with E-state index in [0.717, 1.165) is 37.5 Å². The molecule has 2 aromatic carbocycles. The Morgan fingerprint density at radius 1 is 0.917 bits per heavy atom. The summed E-state index contributed by atoms with van der Waals surface area (Å²) in [5.74, 6) is 0.538. The molecule has 1 unspecified atom stereocenters. The number of H-pyrrole nitrogens is 1. The van der Waals surface area contributed by atoms with Crippen molar-refractivity contribution < 1.29 is 22.0 Å². The summed E-state index contributed by atoms with van der Waals surface area (Å²) in [5, 5.41) is 3.83. The Balaban J connectivity index is 1.44. The summed E-state index contributed by atoms with van der Waals surface area (Å²) >= 11 is 0. The Kier molecular flexibility index (Phi) is 5.46. The number of nitrogens with zero attached hydrogens (tertiary/aromatic N) is 2. The van der Waals surface area contributed by atoms with E-state index in [2.05, 4.69) is 20.3 Å². The van der Waals surface area contributed by atoms with E-state index in [-0.39, 0.29) is 17.4 Å². The molecular weight excluding hydrogens is 475 g/mol. The molecule has 0 amide bonds. The molecule has 0 radical (unpaired) electrons. The first kappa shape index (κ1) is 22.9. The molecule has 2 heterocycles. The van der Waals surface area contributed by atoms with E-state index in [1.807, 2.05) is 0 Å². The molecule has 0 spiro atoms. The van der Waals surface area contributed by atoms with Gasteiger partial charge in [0.1, 0.15) is 17.5 Å². The number of aromatic amines is 1. The molecule has 9 heteroatoms. The fraction of sp³-hybridized carbons (Fsp3) is 0.333. The van der Waals surface area contributed by atoms with E-state index in [1.54, 1.807) is 6.07 Å². The summed E-state index contributed by atoms with van der Waals surface area (Å²) in [6.07, 6.45) is 2.91. The molecule has 3 aliphatic rings. The lowest BCUT2D eigenvalue weighted by atomic mass is 9.68. The summed E-state index contributed by atoms with van der Waals surface area (Å²) in [6, 6.07) is 8.76. The minimum atomic E-state index is -4.44. The van der Waals surface area contributed by atoms with Crippen LogP contribution in [0.5, 0.6) is 0 Å². The number of nitrogens with one attached hydrogen (secondary N) is 2. The van der Waals surface area contributed by atoms with Crippen LogP contribution >= 0.6 is 0 Å². The maximum Gasteiger partial charge on any atom is 0.416 e. The Morgan fingerprint density at radius 2 is 1.67 bits per heavy atom. The lowest BCUT2D eigenvalue weighted by molar-refractivity contribution is -0.137. The third kappa shape index (κ3) is 4.20. The van der Waals surface area contributed by atoms with Gasteiger partial charge >= 0.3 is 6.18 Å².